The summed E-state index contributed by atoms with van der Waals surface area (Å²) in [7, 11) is -9.92. The summed E-state index contributed by atoms with van der Waals surface area (Å²) in [6.07, 6.45) is 52.7. The monoisotopic (exact) mass is 1420 g/mol. The Bertz CT molecular complexity index is 1900. The van der Waals surface area contributed by atoms with E-state index in [2.05, 4.69) is 55.4 Å². The molecule has 0 aliphatic heterocycles. The minimum atomic E-state index is -4.96. The van der Waals surface area contributed by atoms with Crippen LogP contribution in [0.4, 0.5) is 0 Å². The van der Waals surface area contributed by atoms with E-state index in [0.29, 0.717) is 25.7 Å². The normalized spacial score (nSPS) is 14.4. The van der Waals surface area contributed by atoms with Gasteiger partial charge >= 0.3 is 39.5 Å². The zero-order valence-corrected chi connectivity index (χ0v) is 65.5. The third-order valence-corrected chi connectivity index (χ3v) is 20.3. The maximum Gasteiger partial charge on any atom is 0.472 e. The van der Waals surface area contributed by atoms with Crippen molar-refractivity contribution in [2.45, 2.75) is 414 Å². The molecule has 0 saturated heterocycles. The van der Waals surface area contributed by atoms with Crippen LogP contribution < -0.4 is 0 Å². The quantitative estimate of drug-likeness (QED) is 0.0222. The summed E-state index contributed by atoms with van der Waals surface area (Å²) >= 11 is 0. The van der Waals surface area contributed by atoms with Gasteiger partial charge in [-0.05, 0) is 49.4 Å². The summed E-state index contributed by atoms with van der Waals surface area (Å²) in [5, 5.41) is 10.6. The molecule has 576 valence electrons. The minimum Gasteiger partial charge on any atom is -0.462 e. The van der Waals surface area contributed by atoms with Gasteiger partial charge < -0.3 is 33.8 Å². The fourth-order valence-electron chi connectivity index (χ4n) is 11.9. The van der Waals surface area contributed by atoms with E-state index in [9.17, 15) is 43.2 Å². The molecule has 0 amide bonds. The van der Waals surface area contributed by atoms with Crippen LogP contribution in [-0.4, -0.2) is 96.7 Å². The molecule has 0 radical (unpaired) electrons. The van der Waals surface area contributed by atoms with Gasteiger partial charge in [-0.25, -0.2) is 9.13 Å². The molecular formula is C78H152O17P2. The number of unbranched alkanes of at least 4 members (excludes halogenated alkanes) is 40. The Hall–Kier alpha value is -1.94. The number of aliphatic hydroxyl groups excluding tert-OH is 1. The molecule has 0 aromatic heterocycles. The molecule has 6 atom stereocenters. The number of aliphatic hydroxyl groups is 1. The summed E-state index contributed by atoms with van der Waals surface area (Å²) in [4.78, 5) is 72.9. The highest BCUT2D eigenvalue weighted by molar-refractivity contribution is 7.47. The van der Waals surface area contributed by atoms with Gasteiger partial charge in [0, 0.05) is 25.7 Å². The van der Waals surface area contributed by atoms with Gasteiger partial charge in [-0.3, -0.25) is 37.3 Å². The molecule has 97 heavy (non-hydrogen) atoms. The van der Waals surface area contributed by atoms with Gasteiger partial charge in [0.25, 0.3) is 0 Å². The van der Waals surface area contributed by atoms with Crippen LogP contribution in [0.3, 0.4) is 0 Å². The SMILES string of the molecule is CCC(C)CCCCCCCCC(=O)OC[C@H](COP(=O)(O)OC[C@H](O)COP(=O)(O)OC[C@@H](COC(=O)CCCCCCCCCCCCCC(C)C)OC(=O)CCCCCCCCCCCCCCCCCCC(C)C)OC(=O)CCCCCCCCCCCCCC(C)C. The number of phosphoric ester groups is 2. The number of hydrogen-bond donors (Lipinski definition) is 3. The van der Waals surface area contributed by atoms with Crippen molar-refractivity contribution >= 4 is 39.5 Å². The van der Waals surface area contributed by atoms with Crippen LogP contribution in [0, 0.1) is 23.7 Å². The number of esters is 4. The van der Waals surface area contributed by atoms with E-state index < -0.39 is 97.5 Å². The number of carbonyl (C=O) groups excluding carboxylic acids is 4. The summed E-state index contributed by atoms with van der Waals surface area (Å²) in [5.41, 5.74) is 0. The summed E-state index contributed by atoms with van der Waals surface area (Å²) in [5.74, 6) is 0.958. The van der Waals surface area contributed by atoms with Crippen LogP contribution >= 0.6 is 15.6 Å². The standard InChI is InChI=1S/C78H152O17P2/c1-9-71(8)57-49-41-36-37-43-51-59-76(81)89-65-74(95-78(83)61-53-45-35-29-23-17-20-26-32-40-48-56-70(6)7)67-93-97(86,87)91-63-72(79)62-90-96(84,85)92-66-73(64-88-75(80)58-50-42-33-27-22-16-19-25-31-39-47-55-69(4)5)94-77(82)60-52-44-34-28-21-15-13-11-10-12-14-18-24-30-38-46-54-68(2)3/h68-74,79H,9-67H2,1-8H3,(H,84,85)(H,86,87)/t71?,72-,73-,74-/m1/s1. The molecule has 0 saturated carbocycles. The molecule has 3 unspecified atom stereocenters. The Morgan fingerprint density at radius 2 is 0.495 bits per heavy atom. The van der Waals surface area contributed by atoms with Gasteiger partial charge in [0.2, 0.25) is 0 Å². The van der Waals surface area contributed by atoms with Crippen molar-refractivity contribution in [3.63, 3.8) is 0 Å². The van der Waals surface area contributed by atoms with Gasteiger partial charge in [0.05, 0.1) is 26.4 Å². The molecule has 17 nitrogen and oxygen atoms in total. The van der Waals surface area contributed by atoms with Gasteiger partial charge in [0.1, 0.15) is 19.3 Å². The summed E-state index contributed by atoms with van der Waals surface area (Å²) < 4.78 is 68.6. The second kappa shape index (κ2) is 67.2. The Balaban J connectivity index is 5.25. The van der Waals surface area contributed by atoms with Crippen molar-refractivity contribution in [2.75, 3.05) is 39.6 Å². The summed E-state index contributed by atoms with van der Waals surface area (Å²) in [6, 6.07) is 0. The smallest absolute Gasteiger partial charge is 0.462 e. The molecule has 19 heteroatoms. The van der Waals surface area contributed by atoms with Crippen LogP contribution in [0.5, 0.6) is 0 Å². The number of phosphoric acid groups is 2. The molecule has 0 heterocycles. The van der Waals surface area contributed by atoms with E-state index in [0.717, 1.165) is 120 Å². The lowest BCUT2D eigenvalue weighted by atomic mass is 10.00. The van der Waals surface area contributed by atoms with Gasteiger partial charge in [0.15, 0.2) is 12.2 Å². The van der Waals surface area contributed by atoms with Crippen LogP contribution in [0.15, 0.2) is 0 Å². The molecule has 0 aliphatic carbocycles. The van der Waals surface area contributed by atoms with Crippen molar-refractivity contribution in [1.29, 1.82) is 0 Å². The van der Waals surface area contributed by atoms with Crippen LogP contribution in [0.2, 0.25) is 0 Å². The van der Waals surface area contributed by atoms with Gasteiger partial charge in [-0.15, -0.1) is 0 Å². The van der Waals surface area contributed by atoms with Crippen molar-refractivity contribution in [3.05, 3.63) is 0 Å². The predicted octanol–water partition coefficient (Wildman–Crippen LogP) is 22.8. The number of hydrogen-bond acceptors (Lipinski definition) is 15. The molecule has 0 bridgehead atoms. The molecule has 0 aromatic rings. The lowest BCUT2D eigenvalue weighted by molar-refractivity contribution is -0.161. The Labute approximate surface area is 594 Å². The second-order valence-corrected chi connectivity index (χ2v) is 32.7. The number of rotatable bonds is 75. The maximum absolute atomic E-state index is 13.1. The van der Waals surface area contributed by atoms with Crippen molar-refractivity contribution in [3.8, 4) is 0 Å². The van der Waals surface area contributed by atoms with Crippen LogP contribution in [0.1, 0.15) is 396 Å². The predicted molar refractivity (Wildman–Crippen MR) is 395 cm³/mol. The second-order valence-electron chi connectivity index (χ2n) is 29.8. The highest BCUT2D eigenvalue weighted by Gasteiger charge is 2.30. The topological polar surface area (TPSA) is 237 Å². The third-order valence-electron chi connectivity index (χ3n) is 18.4. The number of carbonyl (C=O) groups is 4. The van der Waals surface area contributed by atoms with E-state index >= 15 is 0 Å². The molecule has 3 N–H and O–H groups in total. The van der Waals surface area contributed by atoms with Crippen molar-refractivity contribution in [2.24, 2.45) is 23.7 Å². The fraction of sp³-hybridized carbons (Fsp3) is 0.949. The molecule has 0 fully saturated rings. The minimum absolute atomic E-state index is 0.105. The third kappa shape index (κ3) is 70.9. The lowest BCUT2D eigenvalue weighted by Crippen LogP contribution is -2.30. The molecule has 0 rings (SSSR count). The molecule has 0 aliphatic rings. The first-order valence-corrected chi connectivity index (χ1v) is 43.2. The first kappa shape index (κ1) is 95.1. The molecular weight excluding hydrogens is 1270 g/mol. The van der Waals surface area contributed by atoms with E-state index in [-0.39, 0.29) is 25.7 Å². The highest BCUT2D eigenvalue weighted by atomic mass is 31.2. The largest absolute Gasteiger partial charge is 0.472 e. The summed E-state index contributed by atoms with van der Waals surface area (Å²) in [6.45, 7) is 14.2. The highest BCUT2D eigenvalue weighted by Crippen LogP contribution is 2.45. The van der Waals surface area contributed by atoms with Crippen molar-refractivity contribution in [1.82, 2.24) is 0 Å². The zero-order chi connectivity index (χ0) is 71.7. The first-order chi connectivity index (χ1) is 46.6. The van der Waals surface area contributed by atoms with E-state index in [1.165, 1.54) is 193 Å². The van der Waals surface area contributed by atoms with Gasteiger partial charge in [-0.1, -0.05) is 344 Å². The average Bonchev–Trinajstić information content (AvgIpc) is 1.53. The van der Waals surface area contributed by atoms with Crippen LogP contribution in [0.25, 0.3) is 0 Å². The van der Waals surface area contributed by atoms with E-state index in [1.807, 2.05) is 0 Å². The van der Waals surface area contributed by atoms with E-state index in [1.54, 1.807) is 0 Å². The zero-order valence-electron chi connectivity index (χ0n) is 63.7. The van der Waals surface area contributed by atoms with Crippen LogP contribution in [-0.2, 0) is 65.4 Å². The average molecular weight is 1420 g/mol. The lowest BCUT2D eigenvalue weighted by Gasteiger charge is -2.21. The Morgan fingerprint density at radius 1 is 0.289 bits per heavy atom. The fourth-order valence-corrected chi connectivity index (χ4v) is 13.5. The van der Waals surface area contributed by atoms with Gasteiger partial charge in [-0.2, -0.15) is 0 Å². The first-order valence-electron chi connectivity index (χ1n) is 40.2. The van der Waals surface area contributed by atoms with Crippen molar-refractivity contribution < 1.29 is 80.2 Å². The Morgan fingerprint density at radius 3 is 0.732 bits per heavy atom. The number of ether oxygens (including phenoxy) is 4. The Kier molecular flexibility index (Phi) is 65.9. The van der Waals surface area contributed by atoms with E-state index in [4.69, 9.17) is 37.0 Å². The molecule has 0 aromatic carbocycles. The maximum atomic E-state index is 13.1. The molecule has 0 spiro atoms.